The molecule has 2 aromatic carbocycles. The molecule has 0 fully saturated rings. The topological polar surface area (TPSA) is 50.7 Å². The fraction of sp³-hybridized carbons (Fsp3) is 0.125. The number of rotatable bonds is 6. The summed E-state index contributed by atoms with van der Waals surface area (Å²) in [6, 6.07) is 24.8. The Morgan fingerprint density at radius 3 is 2.25 bits per heavy atom. The lowest BCUT2D eigenvalue weighted by molar-refractivity contribution is 0.983. The van der Waals surface area contributed by atoms with Crippen molar-refractivity contribution in [2.24, 2.45) is 0 Å². The van der Waals surface area contributed by atoms with Crippen molar-refractivity contribution in [2.75, 3.05) is 11.9 Å². The Morgan fingerprint density at radius 1 is 0.750 bits per heavy atom. The molecule has 0 bridgehead atoms. The SMILES string of the molecule is Cc1nc(NCCc2ccccc2)cc(-c2cncc(-c3ccccc3)c2)n1. The molecule has 0 aliphatic rings. The van der Waals surface area contributed by atoms with Crippen molar-refractivity contribution in [3.63, 3.8) is 0 Å². The number of benzene rings is 2. The molecule has 0 aliphatic heterocycles. The quantitative estimate of drug-likeness (QED) is 0.511. The molecule has 2 aromatic heterocycles. The molecule has 1 N–H and O–H groups in total. The van der Waals surface area contributed by atoms with E-state index in [-0.39, 0.29) is 0 Å². The molecule has 28 heavy (non-hydrogen) atoms. The highest BCUT2D eigenvalue weighted by Crippen LogP contribution is 2.25. The van der Waals surface area contributed by atoms with E-state index in [4.69, 9.17) is 0 Å². The van der Waals surface area contributed by atoms with E-state index < -0.39 is 0 Å². The average molecular weight is 366 g/mol. The first kappa shape index (κ1) is 17.9. The number of pyridine rings is 1. The number of nitrogens with one attached hydrogen (secondary N) is 1. The highest BCUT2D eigenvalue weighted by Gasteiger charge is 2.07. The molecule has 4 aromatic rings. The zero-order valence-electron chi connectivity index (χ0n) is 15.8. The van der Waals surface area contributed by atoms with Gasteiger partial charge in [-0.05, 0) is 30.5 Å². The number of hydrogen-bond acceptors (Lipinski definition) is 4. The van der Waals surface area contributed by atoms with E-state index in [1.165, 1.54) is 5.56 Å². The van der Waals surface area contributed by atoms with Crippen LogP contribution < -0.4 is 5.32 Å². The number of nitrogens with zero attached hydrogens (tertiary/aromatic N) is 3. The van der Waals surface area contributed by atoms with Crippen LogP contribution in [0.25, 0.3) is 22.4 Å². The molecule has 0 spiro atoms. The van der Waals surface area contributed by atoms with Crippen molar-refractivity contribution >= 4 is 5.82 Å². The van der Waals surface area contributed by atoms with Crippen molar-refractivity contribution < 1.29 is 0 Å². The normalized spacial score (nSPS) is 10.6. The monoisotopic (exact) mass is 366 g/mol. The van der Waals surface area contributed by atoms with Crippen LogP contribution in [0.1, 0.15) is 11.4 Å². The van der Waals surface area contributed by atoms with Crippen molar-refractivity contribution in [3.05, 3.63) is 96.6 Å². The maximum atomic E-state index is 4.61. The first-order chi connectivity index (χ1) is 13.8. The van der Waals surface area contributed by atoms with Gasteiger partial charge in [-0.25, -0.2) is 9.97 Å². The molecular weight excluding hydrogens is 344 g/mol. The molecule has 0 saturated heterocycles. The minimum Gasteiger partial charge on any atom is -0.370 e. The fourth-order valence-electron chi connectivity index (χ4n) is 3.15. The molecule has 4 heteroatoms. The smallest absolute Gasteiger partial charge is 0.130 e. The van der Waals surface area contributed by atoms with E-state index in [0.717, 1.165) is 47.0 Å². The summed E-state index contributed by atoms with van der Waals surface area (Å²) in [5, 5.41) is 3.42. The van der Waals surface area contributed by atoms with E-state index in [1.807, 2.05) is 49.6 Å². The third-order valence-corrected chi connectivity index (χ3v) is 4.54. The second-order valence-corrected chi connectivity index (χ2v) is 6.68. The summed E-state index contributed by atoms with van der Waals surface area (Å²) in [5.41, 5.74) is 5.38. The molecule has 0 amide bonds. The predicted molar refractivity (Wildman–Crippen MR) is 114 cm³/mol. The lowest BCUT2D eigenvalue weighted by atomic mass is 10.0. The third kappa shape index (κ3) is 4.41. The first-order valence-electron chi connectivity index (χ1n) is 9.42. The van der Waals surface area contributed by atoms with Gasteiger partial charge in [-0.2, -0.15) is 0 Å². The van der Waals surface area contributed by atoms with Crippen LogP contribution in [0.2, 0.25) is 0 Å². The van der Waals surface area contributed by atoms with Crippen LogP contribution in [-0.4, -0.2) is 21.5 Å². The maximum Gasteiger partial charge on any atom is 0.130 e. The molecule has 138 valence electrons. The lowest BCUT2D eigenvalue weighted by Gasteiger charge is -2.10. The van der Waals surface area contributed by atoms with Gasteiger partial charge in [0, 0.05) is 36.1 Å². The lowest BCUT2D eigenvalue weighted by Crippen LogP contribution is -2.07. The highest BCUT2D eigenvalue weighted by molar-refractivity contribution is 5.71. The van der Waals surface area contributed by atoms with Gasteiger partial charge in [0.1, 0.15) is 11.6 Å². The van der Waals surface area contributed by atoms with Crippen molar-refractivity contribution in [1.29, 1.82) is 0 Å². The van der Waals surface area contributed by atoms with E-state index >= 15 is 0 Å². The minimum atomic E-state index is 0.741. The highest BCUT2D eigenvalue weighted by atomic mass is 15.0. The summed E-state index contributed by atoms with van der Waals surface area (Å²) in [7, 11) is 0. The zero-order chi connectivity index (χ0) is 19.2. The maximum absolute atomic E-state index is 4.61. The van der Waals surface area contributed by atoms with Gasteiger partial charge in [0.15, 0.2) is 0 Å². The van der Waals surface area contributed by atoms with Crippen LogP contribution in [0.3, 0.4) is 0 Å². The number of hydrogen-bond donors (Lipinski definition) is 1. The van der Waals surface area contributed by atoms with Crippen LogP contribution in [0, 0.1) is 6.92 Å². The van der Waals surface area contributed by atoms with Gasteiger partial charge in [-0.15, -0.1) is 0 Å². The zero-order valence-corrected chi connectivity index (χ0v) is 15.8. The third-order valence-electron chi connectivity index (χ3n) is 4.54. The van der Waals surface area contributed by atoms with Gasteiger partial charge in [0.25, 0.3) is 0 Å². The van der Waals surface area contributed by atoms with E-state index in [0.29, 0.717) is 0 Å². The van der Waals surface area contributed by atoms with Crippen LogP contribution in [0.15, 0.2) is 85.2 Å². The summed E-state index contributed by atoms with van der Waals surface area (Å²) in [5.74, 6) is 1.58. The average Bonchev–Trinajstić information content (AvgIpc) is 2.75. The Hall–Kier alpha value is -3.53. The molecule has 4 nitrogen and oxygen atoms in total. The summed E-state index contributed by atoms with van der Waals surface area (Å²) in [6.07, 6.45) is 4.68. The largest absolute Gasteiger partial charge is 0.370 e. The molecule has 0 aliphatic carbocycles. The van der Waals surface area contributed by atoms with E-state index in [2.05, 4.69) is 62.7 Å². The van der Waals surface area contributed by atoms with Crippen LogP contribution in [0.4, 0.5) is 5.82 Å². The summed E-state index contributed by atoms with van der Waals surface area (Å²) >= 11 is 0. The van der Waals surface area contributed by atoms with Gasteiger partial charge < -0.3 is 5.32 Å². The number of anilines is 1. The first-order valence-corrected chi connectivity index (χ1v) is 9.42. The molecule has 0 atom stereocenters. The Bertz CT molecular complexity index is 1050. The molecule has 0 saturated carbocycles. The number of aryl methyl sites for hydroxylation is 1. The van der Waals surface area contributed by atoms with Gasteiger partial charge >= 0.3 is 0 Å². The summed E-state index contributed by atoms with van der Waals surface area (Å²) in [4.78, 5) is 13.6. The second kappa shape index (κ2) is 8.44. The van der Waals surface area contributed by atoms with Crippen molar-refractivity contribution in [2.45, 2.75) is 13.3 Å². The Balaban J connectivity index is 1.54. The number of aromatic nitrogens is 3. The van der Waals surface area contributed by atoms with Crippen LogP contribution in [-0.2, 0) is 6.42 Å². The van der Waals surface area contributed by atoms with Crippen LogP contribution in [0.5, 0.6) is 0 Å². The fourth-order valence-corrected chi connectivity index (χ4v) is 3.15. The molecular formula is C24H22N4. The molecule has 2 heterocycles. The molecule has 4 rings (SSSR count). The Kier molecular flexibility index (Phi) is 5.38. The van der Waals surface area contributed by atoms with Gasteiger partial charge in [-0.1, -0.05) is 60.7 Å². The molecule has 0 radical (unpaired) electrons. The summed E-state index contributed by atoms with van der Waals surface area (Å²) in [6.45, 7) is 2.74. The minimum absolute atomic E-state index is 0.741. The summed E-state index contributed by atoms with van der Waals surface area (Å²) < 4.78 is 0. The van der Waals surface area contributed by atoms with E-state index in [9.17, 15) is 0 Å². The molecule has 0 unspecified atom stereocenters. The predicted octanol–water partition coefficient (Wildman–Crippen LogP) is 5.17. The second-order valence-electron chi connectivity index (χ2n) is 6.68. The van der Waals surface area contributed by atoms with Gasteiger partial charge in [0.2, 0.25) is 0 Å². The standard InChI is InChI=1S/C24H22N4/c1-18-27-23(15-24(28-18)26-13-12-19-8-4-2-5-9-19)22-14-21(16-25-17-22)20-10-6-3-7-11-20/h2-11,14-17H,12-13H2,1H3,(H,26,27,28). The Labute approximate surface area is 165 Å². The van der Waals surface area contributed by atoms with Gasteiger partial charge in [0.05, 0.1) is 5.69 Å². The van der Waals surface area contributed by atoms with E-state index in [1.54, 1.807) is 0 Å². The van der Waals surface area contributed by atoms with Gasteiger partial charge in [-0.3, -0.25) is 4.98 Å². The van der Waals surface area contributed by atoms with Crippen LogP contribution >= 0.6 is 0 Å². The Morgan fingerprint density at radius 2 is 1.46 bits per heavy atom. The van der Waals surface area contributed by atoms with Crippen molar-refractivity contribution in [1.82, 2.24) is 15.0 Å². The van der Waals surface area contributed by atoms with Crippen molar-refractivity contribution in [3.8, 4) is 22.4 Å².